The Morgan fingerprint density at radius 1 is 0.944 bits per heavy atom. The first-order valence-corrected chi connectivity index (χ1v) is 11.8. The van der Waals surface area contributed by atoms with Gasteiger partial charge in [0.1, 0.15) is 16.9 Å². The van der Waals surface area contributed by atoms with Crippen LogP contribution in [0.15, 0.2) is 84.0 Å². The number of nitrogens with two attached hydrogens (primary N) is 1. The first-order chi connectivity index (χ1) is 17.3. The fraction of sp³-hybridized carbons (Fsp3) is 0.172. The highest BCUT2D eigenvalue weighted by molar-refractivity contribution is 6.10. The lowest BCUT2D eigenvalue weighted by molar-refractivity contribution is 0.0953. The number of carbonyl (C=O) groups excluding carboxylic acids is 1. The van der Waals surface area contributed by atoms with Crippen molar-refractivity contribution in [1.82, 2.24) is 20.0 Å². The first kappa shape index (κ1) is 23.2. The highest BCUT2D eigenvalue weighted by Crippen LogP contribution is 2.28. The van der Waals surface area contributed by atoms with E-state index in [0.717, 1.165) is 11.1 Å². The normalized spacial score (nSPS) is 12.0. The van der Waals surface area contributed by atoms with Crippen LogP contribution in [0.3, 0.4) is 0 Å². The number of benzene rings is 3. The van der Waals surface area contributed by atoms with Crippen LogP contribution in [0, 0.1) is 0 Å². The van der Waals surface area contributed by atoms with Crippen LogP contribution in [0.5, 0.6) is 0 Å². The third-order valence-electron chi connectivity index (χ3n) is 6.10. The Bertz CT molecular complexity index is 1580. The number of para-hydroxylation sites is 2. The number of nitrogen functional groups attached to an aromatic ring is 1. The van der Waals surface area contributed by atoms with Crippen molar-refractivity contribution in [1.29, 1.82) is 0 Å². The molecule has 0 radical (unpaired) electrons. The lowest BCUT2D eigenvalue weighted by Crippen LogP contribution is -2.23. The van der Waals surface area contributed by atoms with Crippen LogP contribution in [0.25, 0.3) is 22.2 Å². The molecule has 2 heterocycles. The molecule has 7 heteroatoms. The Morgan fingerprint density at radius 2 is 1.58 bits per heavy atom. The molecule has 5 aromatic rings. The number of aromatic nitrogens is 3. The van der Waals surface area contributed by atoms with Crippen molar-refractivity contribution in [2.24, 2.45) is 5.10 Å². The van der Waals surface area contributed by atoms with Crippen molar-refractivity contribution in [2.75, 3.05) is 5.73 Å². The number of amides is 1. The molecule has 0 fully saturated rings. The minimum absolute atomic E-state index is 0.0649. The molecular weight excluding hydrogens is 448 g/mol. The monoisotopic (exact) mass is 476 g/mol. The van der Waals surface area contributed by atoms with E-state index in [1.165, 1.54) is 10.2 Å². The summed E-state index contributed by atoms with van der Waals surface area (Å²) in [6.45, 7) is 6.90. The van der Waals surface area contributed by atoms with Gasteiger partial charge in [-0.2, -0.15) is 9.78 Å². The molecular formula is C29H28N6O. The van der Waals surface area contributed by atoms with Crippen LogP contribution in [0.1, 0.15) is 47.8 Å². The van der Waals surface area contributed by atoms with Gasteiger partial charge in [0.2, 0.25) is 0 Å². The van der Waals surface area contributed by atoms with Crippen LogP contribution in [0.4, 0.5) is 5.82 Å². The van der Waals surface area contributed by atoms with E-state index in [-0.39, 0.29) is 22.7 Å². The molecule has 0 aliphatic rings. The molecule has 0 atom stereocenters. The number of anilines is 1. The molecule has 0 aliphatic carbocycles. The quantitative estimate of drug-likeness (QED) is 0.337. The lowest BCUT2D eigenvalue weighted by Gasteiger charge is -2.18. The summed E-state index contributed by atoms with van der Waals surface area (Å²) in [5.74, 6) is -0.136. The Hall–Kier alpha value is -4.52. The molecule has 0 saturated heterocycles. The van der Waals surface area contributed by atoms with E-state index in [1.54, 1.807) is 6.21 Å². The Labute approximate surface area is 209 Å². The number of rotatable bonds is 5. The standard InChI is InChI=1S/C29H28N6O/c1-29(2,3)21-15-13-20(14-16-21)18-32-35-26(30)24(28(36)31-17-19-9-5-4-6-10-19)25-27(35)34-23-12-8-7-11-22(23)33-25/h4-16,18H,17,30H2,1-3H3,(H,31,36). The minimum atomic E-state index is -0.325. The third kappa shape index (κ3) is 4.55. The molecule has 0 aliphatic heterocycles. The summed E-state index contributed by atoms with van der Waals surface area (Å²) in [7, 11) is 0. The van der Waals surface area contributed by atoms with Crippen molar-refractivity contribution in [3.8, 4) is 0 Å². The van der Waals surface area contributed by atoms with Crippen LogP contribution >= 0.6 is 0 Å². The SMILES string of the molecule is CC(C)(C)c1ccc(C=Nn2c(N)c(C(=O)NCc3ccccc3)c3nc4ccccc4nc32)cc1. The van der Waals surface area contributed by atoms with Crippen molar-refractivity contribution >= 4 is 40.1 Å². The van der Waals surface area contributed by atoms with E-state index in [4.69, 9.17) is 15.7 Å². The van der Waals surface area contributed by atoms with E-state index in [2.05, 4.69) is 43.3 Å². The number of carbonyl (C=O) groups is 1. The van der Waals surface area contributed by atoms with E-state index in [9.17, 15) is 4.79 Å². The molecule has 3 aromatic carbocycles. The molecule has 0 spiro atoms. The molecule has 0 unspecified atom stereocenters. The molecule has 3 N–H and O–H groups in total. The van der Waals surface area contributed by atoms with Crippen molar-refractivity contribution in [2.45, 2.75) is 32.7 Å². The van der Waals surface area contributed by atoms with Crippen LogP contribution in [-0.2, 0) is 12.0 Å². The maximum absolute atomic E-state index is 13.3. The van der Waals surface area contributed by atoms with Gasteiger partial charge in [-0.15, -0.1) is 0 Å². The van der Waals surface area contributed by atoms with E-state index >= 15 is 0 Å². The fourth-order valence-electron chi connectivity index (χ4n) is 4.05. The summed E-state index contributed by atoms with van der Waals surface area (Å²) >= 11 is 0. The number of hydrogen-bond donors (Lipinski definition) is 2. The molecule has 7 nitrogen and oxygen atoms in total. The Morgan fingerprint density at radius 3 is 2.25 bits per heavy atom. The molecule has 180 valence electrons. The maximum atomic E-state index is 13.3. The molecule has 0 saturated carbocycles. The average molecular weight is 477 g/mol. The Kier molecular flexibility index (Phi) is 5.98. The van der Waals surface area contributed by atoms with Gasteiger partial charge in [0.15, 0.2) is 5.65 Å². The van der Waals surface area contributed by atoms with Gasteiger partial charge < -0.3 is 11.1 Å². The van der Waals surface area contributed by atoms with Gasteiger partial charge >= 0.3 is 0 Å². The van der Waals surface area contributed by atoms with Crippen molar-refractivity contribution in [3.05, 3.63) is 101 Å². The summed E-state index contributed by atoms with van der Waals surface area (Å²) in [6, 6.07) is 25.4. The van der Waals surface area contributed by atoms with Gasteiger partial charge in [-0.3, -0.25) is 4.79 Å². The summed E-state index contributed by atoms with van der Waals surface area (Å²) < 4.78 is 1.49. The van der Waals surface area contributed by atoms with E-state index in [0.29, 0.717) is 28.7 Å². The third-order valence-corrected chi connectivity index (χ3v) is 6.10. The van der Waals surface area contributed by atoms with Crippen LogP contribution < -0.4 is 11.1 Å². The lowest BCUT2D eigenvalue weighted by atomic mass is 9.87. The molecule has 36 heavy (non-hydrogen) atoms. The second-order valence-electron chi connectivity index (χ2n) is 9.74. The van der Waals surface area contributed by atoms with Gasteiger partial charge in [-0.1, -0.05) is 87.5 Å². The largest absolute Gasteiger partial charge is 0.383 e. The van der Waals surface area contributed by atoms with Crippen molar-refractivity contribution < 1.29 is 4.79 Å². The van der Waals surface area contributed by atoms with Crippen molar-refractivity contribution in [3.63, 3.8) is 0 Å². The molecule has 1 amide bonds. The molecule has 5 rings (SSSR count). The van der Waals surface area contributed by atoms with E-state index < -0.39 is 0 Å². The van der Waals surface area contributed by atoms with Gasteiger partial charge in [0.25, 0.3) is 5.91 Å². The van der Waals surface area contributed by atoms with Crippen LogP contribution in [0.2, 0.25) is 0 Å². The number of nitrogens with zero attached hydrogens (tertiary/aromatic N) is 4. The maximum Gasteiger partial charge on any atom is 0.257 e. The van der Waals surface area contributed by atoms with Crippen LogP contribution in [-0.4, -0.2) is 26.8 Å². The predicted octanol–water partition coefficient (Wildman–Crippen LogP) is 5.28. The fourth-order valence-corrected chi connectivity index (χ4v) is 4.05. The zero-order valence-corrected chi connectivity index (χ0v) is 20.6. The number of nitrogens with one attached hydrogen (secondary N) is 1. The van der Waals surface area contributed by atoms with Gasteiger partial charge in [-0.05, 0) is 34.2 Å². The smallest absolute Gasteiger partial charge is 0.257 e. The second kappa shape index (κ2) is 9.26. The highest BCUT2D eigenvalue weighted by Gasteiger charge is 2.24. The number of fused-ring (bicyclic) bond motifs is 2. The summed E-state index contributed by atoms with van der Waals surface area (Å²) in [5.41, 5.74) is 12.2. The average Bonchev–Trinajstić information content (AvgIpc) is 3.15. The first-order valence-electron chi connectivity index (χ1n) is 11.8. The summed E-state index contributed by atoms with van der Waals surface area (Å²) in [6.07, 6.45) is 1.71. The zero-order chi connectivity index (χ0) is 25.3. The summed E-state index contributed by atoms with van der Waals surface area (Å²) in [4.78, 5) is 22.8. The second-order valence-corrected chi connectivity index (χ2v) is 9.74. The van der Waals surface area contributed by atoms with Gasteiger partial charge in [0.05, 0.1) is 17.2 Å². The van der Waals surface area contributed by atoms with E-state index in [1.807, 2.05) is 66.7 Å². The molecule has 0 bridgehead atoms. The topological polar surface area (TPSA) is 98.2 Å². The Balaban J connectivity index is 1.56. The minimum Gasteiger partial charge on any atom is -0.383 e. The van der Waals surface area contributed by atoms with Gasteiger partial charge in [-0.25, -0.2) is 9.97 Å². The van der Waals surface area contributed by atoms with Gasteiger partial charge in [0, 0.05) is 6.54 Å². The number of hydrogen-bond acceptors (Lipinski definition) is 5. The predicted molar refractivity (Wildman–Crippen MR) is 145 cm³/mol. The zero-order valence-electron chi connectivity index (χ0n) is 20.6. The summed E-state index contributed by atoms with van der Waals surface area (Å²) in [5, 5.41) is 7.56. The molecule has 2 aromatic heterocycles. The highest BCUT2D eigenvalue weighted by atomic mass is 16.1.